The lowest BCUT2D eigenvalue weighted by atomic mass is 9.63. The van der Waals surface area contributed by atoms with E-state index in [0.29, 0.717) is 12.5 Å². The first kappa shape index (κ1) is 24.7. The standard InChI is InChI=1S/C29H42N4O/c1-28(2)15-16-29(3,4)24-20-21(11-12-23(24)28)25-8-7-10-27(32-25)33-18-13-22(14-19-33)31-17-6-5-9-26(30)34/h7-8,10-12,20,22,31H,5-6,9,13-19H2,1-4H3,(H2,30,34). The number of carbonyl (C=O) groups excluding carboxylic acids is 1. The van der Waals surface area contributed by atoms with E-state index in [1.807, 2.05) is 0 Å². The number of pyridine rings is 1. The van der Waals surface area contributed by atoms with Gasteiger partial charge in [-0.25, -0.2) is 4.98 Å². The molecule has 3 N–H and O–H groups in total. The molecule has 1 fully saturated rings. The topological polar surface area (TPSA) is 71.2 Å². The largest absolute Gasteiger partial charge is 0.370 e. The summed E-state index contributed by atoms with van der Waals surface area (Å²) in [6, 6.07) is 14.0. The zero-order chi connectivity index (χ0) is 24.3. The number of unbranched alkanes of at least 4 members (excludes halogenated alkanes) is 1. The fourth-order valence-corrected chi connectivity index (χ4v) is 5.55. The summed E-state index contributed by atoms with van der Waals surface area (Å²) in [5.41, 5.74) is 10.9. The van der Waals surface area contributed by atoms with E-state index < -0.39 is 0 Å². The third-order valence-electron chi connectivity index (χ3n) is 7.98. The number of nitrogens with one attached hydrogen (secondary N) is 1. The van der Waals surface area contributed by atoms with Gasteiger partial charge in [0.1, 0.15) is 5.82 Å². The molecule has 0 bridgehead atoms. The van der Waals surface area contributed by atoms with E-state index in [9.17, 15) is 4.79 Å². The van der Waals surface area contributed by atoms with Gasteiger partial charge in [0, 0.05) is 31.1 Å². The molecule has 2 aromatic rings. The van der Waals surface area contributed by atoms with E-state index in [1.165, 1.54) is 29.5 Å². The Hall–Kier alpha value is -2.40. The number of rotatable bonds is 8. The molecule has 1 aromatic heterocycles. The van der Waals surface area contributed by atoms with Crippen molar-refractivity contribution < 1.29 is 4.79 Å². The molecule has 0 radical (unpaired) electrons. The molecule has 34 heavy (non-hydrogen) atoms. The molecule has 1 aliphatic carbocycles. The SMILES string of the molecule is CC1(C)CCC(C)(C)c2cc(-c3cccc(N4CCC(NCCCCC(N)=O)CC4)n3)ccc21. The Balaban J connectivity index is 1.40. The van der Waals surface area contributed by atoms with Crippen LogP contribution >= 0.6 is 0 Å². The van der Waals surface area contributed by atoms with Gasteiger partial charge < -0.3 is 16.0 Å². The molecule has 5 nitrogen and oxygen atoms in total. The van der Waals surface area contributed by atoms with Gasteiger partial charge in [0.05, 0.1) is 5.69 Å². The predicted molar refractivity (Wildman–Crippen MR) is 141 cm³/mol. The summed E-state index contributed by atoms with van der Waals surface area (Å²) in [5, 5.41) is 3.65. The maximum Gasteiger partial charge on any atom is 0.217 e. The lowest BCUT2D eigenvalue weighted by Crippen LogP contribution is -2.43. The van der Waals surface area contributed by atoms with E-state index in [2.05, 4.69) is 74.3 Å². The van der Waals surface area contributed by atoms with Gasteiger partial charge in [-0.15, -0.1) is 0 Å². The summed E-state index contributed by atoms with van der Waals surface area (Å²) in [5.74, 6) is 0.876. The summed E-state index contributed by atoms with van der Waals surface area (Å²) in [6.45, 7) is 12.5. The second-order valence-corrected chi connectivity index (χ2v) is 11.5. The Kier molecular flexibility index (Phi) is 7.32. The molecule has 0 unspecified atom stereocenters. The van der Waals surface area contributed by atoms with Gasteiger partial charge >= 0.3 is 0 Å². The molecule has 1 amide bonds. The number of benzene rings is 1. The number of aromatic nitrogens is 1. The van der Waals surface area contributed by atoms with Crippen LogP contribution in [0.5, 0.6) is 0 Å². The fraction of sp³-hybridized carbons (Fsp3) is 0.586. The van der Waals surface area contributed by atoms with Crippen molar-refractivity contribution in [1.29, 1.82) is 0 Å². The van der Waals surface area contributed by atoms with Gasteiger partial charge in [0.15, 0.2) is 0 Å². The monoisotopic (exact) mass is 462 g/mol. The number of amides is 1. The number of piperidine rings is 1. The maximum atomic E-state index is 10.9. The quantitative estimate of drug-likeness (QED) is 0.522. The van der Waals surface area contributed by atoms with E-state index in [4.69, 9.17) is 10.7 Å². The summed E-state index contributed by atoms with van der Waals surface area (Å²) in [7, 11) is 0. The molecule has 2 heterocycles. The maximum absolute atomic E-state index is 10.9. The molecule has 2 aliphatic rings. The Morgan fingerprint density at radius 3 is 2.44 bits per heavy atom. The van der Waals surface area contributed by atoms with Crippen molar-refractivity contribution in [3.8, 4) is 11.3 Å². The van der Waals surface area contributed by atoms with Crippen molar-refractivity contribution in [3.63, 3.8) is 0 Å². The minimum atomic E-state index is -0.203. The van der Waals surface area contributed by atoms with Crippen molar-refractivity contribution in [2.75, 3.05) is 24.5 Å². The lowest BCUT2D eigenvalue weighted by molar-refractivity contribution is -0.118. The first-order valence-electron chi connectivity index (χ1n) is 13.0. The summed E-state index contributed by atoms with van der Waals surface area (Å²) < 4.78 is 0. The average Bonchev–Trinajstić information content (AvgIpc) is 2.82. The van der Waals surface area contributed by atoms with Crippen LogP contribution in [0.15, 0.2) is 36.4 Å². The van der Waals surface area contributed by atoms with E-state index in [1.54, 1.807) is 0 Å². The lowest BCUT2D eigenvalue weighted by Gasteiger charge is -2.42. The molecule has 184 valence electrons. The molecule has 1 aliphatic heterocycles. The summed E-state index contributed by atoms with van der Waals surface area (Å²) in [6.07, 6.45) is 7.04. The van der Waals surface area contributed by atoms with E-state index >= 15 is 0 Å². The number of hydrogen-bond donors (Lipinski definition) is 2. The van der Waals surface area contributed by atoms with Gasteiger partial charge in [-0.3, -0.25) is 4.79 Å². The van der Waals surface area contributed by atoms with Gasteiger partial charge in [0.25, 0.3) is 0 Å². The number of hydrogen-bond acceptors (Lipinski definition) is 4. The second-order valence-electron chi connectivity index (χ2n) is 11.5. The molecule has 0 spiro atoms. The van der Waals surface area contributed by atoms with Crippen molar-refractivity contribution in [2.24, 2.45) is 5.73 Å². The minimum Gasteiger partial charge on any atom is -0.370 e. The van der Waals surface area contributed by atoms with Crippen LogP contribution in [0.2, 0.25) is 0 Å². The van der Waals surface area contributed by atoms with E-state index in [0.717, 1.165) is 56.8 Å². The first-order valence-corrected chi connectivity index (χ1v) is 13.0. The van der Waals surface area contributed by atoms with Crippen LogP contribution in [-0.4, -0.2) is 36.6 Å². The molecular weight excluding hydrogens is 420 g/mol. The molecule has 0 atom stereocenters. The number of nitrogens with zero attached hydrogens (tertiary/aromatic N) is 2. The summed E-state index contributed by atoms with van der Waals surface area (Å²) >= 11 is 0. The fourth-order valence-electron chi connectivity index (χ4n) is 5.55. The van der Waals surface area contributed by atoms with Gasteiger partial charge in [-0.2, -0.15) is 0 Å². The Morgan fingerprint density at radius 2 is 1.74 bits per heavy atom. The Bertz CT molecular complexity index is 1000. The zero-order valence-electron chi connectivity index (χ0n) is 21.5. The third-order valence-corrected chi connectivity index (χ3v) is 7.98. The van der Waals surface area contributed by atoms with Crippen molar-refractivity contribution in [1.82, 2.24) is 10.3 Å². The number of fused-ring (bicyclic) bond motifs is 1. The number of anilines is 1. The molecular formula is C29H42N4O. The highest BCUT2D eigenvalue weighted by molar-refractivity contribution is 5.73. The van der Waals surface area contributed by atoms with Crippen molar-refractivity contribution in [2.45, 2.75) is 89.5 Å². The highest BCUT2D eigenvalue weighted by Gasteiger charge is 2.37. The third kappa shape index (κ3) is 5.63. The summed E-state index contributed by atoms with van der Waals surface area (Å²) in [4.78, 5) is 18.4. The number of nitrogens with two attached hydrogens (primary N) is 1. The van der Waals surface area contributed by atoms with Crippen LogP contribution in [0.4, 0.5) is 5.82 Å². The molecule has 0 saturated carbocycles. The number of carbonyl (C=O) groups is 1. The van der Waals surface area contributed by atoms with Crippen LogP contribution < -0.4 is 16.0 Å². The van der Waals surface area contributed by atoms with Gasteiger partial charge in [-0.1, -0.05) is 45.9 Å². The van der Waals surface area contributed by atoms with Crippen molar-refractivity contribution in [3.05, 3.63) is 47.5 Å². The molecule has 1 saturated heterocycles. The Morgan fingerprint density at radius 1 is 1.03 bits per heavy atom. The minimum absolute atomic E-state index is 0.202. The van der Waals surface area contributed by atoms with E-state index in [-0.39, 0.29) is 16.7 Å². The normalized spacial score (nSPS) is 19.6. The van der Waals surface area contributed by atoms with Crippen LogP contribution in [0.3, 0.4) is 0 Å². The predicted octanol–water partition coefficient (Wildman–Crippen LogP) is 5.31. The first-order chi connectivity index (χ1) is 16.2. The highest BCUT2D eigenvalue weighted by Crippen LogP contribution is 2.46. The van der Waals surface area contributed by atoms with Crippen molar-refractivity contribution >= 4 is 11.7 Å². The van der Waals surface area contributed by atoms with Gasteiger partial charge in [-0.05, 0) is 85.2 Å². The van der Waals surface area contributed by atoms with Crippen LogP contribution in [-0.2, 0) is 15.6 Å². The second kappa shape index (κ2) is 10.1. The molecule has 5 heteroatoms. The molecule has 4 rings (SSSR count). The Labute approximate surface area is 205 Å². The van der Waals surface area contributed by atoms with Crippen LogP contribution in [0.1, 0.15) is 83.8 Å². The molecule has 1 aromatic carbocycles. The van der Waals surface area contributed by atoms with Crippen LogP contribution in [0, 0.1) is 0 Å². The zero-order valence-corrected chi connectivity index (χ0v) is 21.5. The highest BCUT2D eigenvalue weighted by atomic mass is 16.1. The van der Waals surface area contributed by atoms with Crippen LogP contribution in [0.25, 0.3) is 11.3 Å². The van der Waals surface area contributed by atoms with Gasteiger partial charge in [0.2, 0.25) is 5.91 Å². The smallest absolute Gasteiger partial charge is 0.217 e. The average molecular weight is 463 g/mol. The number of primary amides is 1.